The lowest BCUT2D eigenvalue weighted by molar-refractivity contribution is -0.231. The molecule has 0 N–H and O–H groups in total. The van der Waals surface area contributed by atoms with Gasteiger partial charge in [-0.2, -0.15) is 0 Å². The van der Waals surface area contributed by atoms with Crippen LogP contribution in [0.5, 0.6) is 0 Å². The number of anilines is 3. The number of rotatable bonds is 3. The van der Waals surface area contributed by atoms with Crippen LogP contribution in [0.4, 0.5) is 17.1 Å². The Bertz CT molecular complexity index is 2180. The third-order valence-corrected chi connectivity index (χ3v) is 17.0. The first-order chi connectivity index (χ1) is 24.2. The molecule has 2 spiro atoms. The molecule has 11 rings (SSSR count). The van der Waals surface area contributed by atoms with Crippen molar-refractivity contribution in [2.24, 2.45) is 29.1 Å². The van der Waals surface area contributed by atoms with E-state index in [1.807, 2.05) is 0 Å². The molecule has 0 aromatic heterocycles. The van der Waals surface area contributed by atoms with Gasteiger partial charge in [-0.1, -0.05) is 104 Å². The van der Waals surface area contributed by atoms with Crippen molar-refractivity contribution in [2.75, 3.05) is 4.90 Å². The SMILES string of the molecule is CC1(C)CCC(C)(C)c2cc(N(c3ccc4c(c3)C3(c5ccccc5-4)C4CC5CC6CC3C64C5)c3cccc4c3C(C)(C)CCC4(C)C)ccc21. The Hall–Kier alpha value is -3.32. The summed E-state index contributed by atoms with van der Waals surface area (Å²) in [6.07, 6.45) is 10.8. The second-order valence-corrected chi connectivity index (χ2v) is 21.1. The summed E-state index contributed by atoms with van der Waals surface area (Å²) in [4.78, 5) is 2.72. The van der Waals surface area contributed by atoms with Gasteiger partial charge in [0.15, 0.2) is 0 Å². The maximum Gasteiger partial charge on any atom is 0.0502 e. The van der Waals surface area contributed by atoms with E-state index in [1.54, 1.807) is 22.3 Å². The average Bonchev–Trinajstić information content (AvgIpc) is 3.73. The van der Waals surface area contributed by atoms with Gasteiger partial charge in [0.25, 0.3) is 0 Å². The van der Waals surface area contributed by atoms with Gasteiger partial charge in [0.1, 0.15) is 0 Å². The predicted octanol–water partition coefficient (Wildman–Crippen LogP) is 13.2. The summed E-state index contributed by atoms with van der Waals surface area (Å²) in [5, 5.41) is 0. The molecule has 262 valence electrons. The Morgan fingerprint density at radius 3 is 1.88 bits per heavy atom. The van der Waals surface area contributed by atoms with Crippen molar-refractivity contribution in [2.45, 2.75) is 134 Å². The molecule has 4 saturated carbocycles. The van der Waals surface area contributed by atoms with Crippen LogP contribution in [0.25, 0.3) is 11.1 Å². The first-order valence-electron chi connectivity index (χ1n) is 20.5. The zero-order valence-corrected chi connectivity index (χ0v) is 32.4. The van der Waals surface area contributed by atoms with Gasteiger partial charge < -0.3 is 4.90 Å². The second-order valence-electron chi connectivity index (χ2n) is 21.1. The van der Waals surface area contributed by atoms with E-state index in [1.165, 1.54) is 90.7 Å². The Morgan fingerprint density at radius 2 is 1.12 bits per heavy atom. The molecule has 0 amide bonds. The molecule has 1 heteroatoms. The largest absolute Gasteiger partial charge is 0.310 e. The van der Waals surface area contributed by atoms with Gasteiger partial charge in [-0.3, -0.25) is 0 Å². The van der Waals surface area contributed by atoms with Crippen LogP contribution in [0.1, 0.15) is 140 Å². The fourth-order valence-corrected chi connectivity index (χ4v) is 14.5. The van der Waals surface area contributed by atoms with Crippen molar-refractivity contribution >= 4 is 17.1 Å². The van der Waals surface area contributed by atoms with Crippen molar-refractivity contribution in [1.29, 1.82) is 0 Å². The Kier molecular flexibility index (Phi) is 5.77. The lowest BCUT2D eigenvalue weighted by atomic mass is 9.27. The van der Waals surface area contributed by atoms with Gasteiger partial charge in [-0.05, 0) is 177 Å². The maximum atomic E-state index is 2.72. The monoisotopic (exact) mass is 671 g/mol. The molecule has 4 aromatic rings. The number of nitrogens with zero attached hydrogens (tertiary/aromatic N) is 1. The van der Waals surface area contributed by atoms with Gasteiger partial charge in [-0.15, -0.1) is 0 Å². The summed E-state index contributed by atoms with van der Waals surface area (Å²) in [6, 6.07) is 32.2. The molecule has 4 aromatic carbocycles. The van der Waals surface area contributed by atoms with Crippen molar-refractivity contribution in [3.63, 3.8) is 0 Å². The minimum absolute atomic E-state index is 0.0910. The summed E-state index contributed by atoms with van der Waals surface area (Å²) in [7, 11) is 0. The molecule has 7 aliphatic carbocycles. The first kappa shape index (κ1) is 31.2. The Labute approximate surface area is 307 Å². The molecule has 6 unspecified atom stereocenters. The van der Waals surface area contributed by atoms with Gasteiger partial charge in [0.05, 0.1) is 5.69 Å². The van der Waals surface area contributed by atoms with E-state index >= 15 is 0 Å². The standard InChI is InChI=1S/C50H57N/c1-45(2)20-21-47(5,6)40-28-33(17-19-37(40)45)51(41-15-11-14-38-44(41)48(7,8)23-22-46(38,3)4)32-16-18-35-34-12-9-10-13-36(34)50(39(35)27-32)42-25-30-24-31-26-43(50)49(31,42)29-30/h9-19,27-28,30-31,42-43H,20-26,29H2,1-8H3. The van der Waals surface area contributed by atoms with Crippen molar-refractivity contribution in [3.05, 3.63) is 112 Å². The van der Waals surface area contributed by atoms with E-state index in [0.29, 0.717) is 5.41 Å². The topological polar surface area (TPSA) is 3.24 Å². The van der Waals surface area contributed by atoms with E-state index in [2.05, 4.69) is 139 Å². The molecule has 2 bridgehead atoms. The van der Waals surface area contributed by atoms with E-state index in [0.717, 1.165) is 23.7 Å². The summed E-state index contributed by atoms with van der Waals surface area (Å²) >= 11 is 0. The smallest absolute Gasteiger partial charge is 0.0502 e. The lowest BCUT2D eigenvalue weighted by Gasteiger charge is -2.76. The third kappa shape index (κ3) is 3.61. The molecule has 0 heterocycles. The molecule has 0 saturated heterocycles. The van der Waals surface area contributed by atoms with Gasteiger partial charge >= 0.3 is 0 Å². The number of benzene rings is 4. The molecular formula is C50H57N. The summed E-state index contributed by atoms with van der Waals surface area (Å²) in [5.41, 5.74) is 18.0. The van der Waals surface area contributed by atoms with Crippen molar-refractivity contribution < 1.29 is 0 Å². The van der Waals surface area contributed by atoms with Crippen LogP contribution in [-0.4, -0.2) is 0 Å². The molecule has 1 nitrogen and oxygen atoms in total. The Balaban J connectivity index is 1.16. The number of fused-ring (bicyclic) bond motifs is 10. The minimum atomic E-state index is 0.0910. The Morgan fingerprint density at radius 1 is 0.510 bits per heavy atom. The zero-order chi connectivity index (χ0) is 35.1. The van der Waals surface area contributed by atoms with Crippen LogP contribution < -0.4 is 4.90 Å². The van der Waals surface area contributed by atoms with Crippen LogP contribution in [-0.2, 0) is 27.1 Å². The second kappa shape index (κ2) is 9.42. The molecule has 6 atom stereocenters. The van der Waals surface area contributed by atoms with Crippen LogP contribution in [0, 0.1) is 29.1 Å². The number of hydrogen-bond donors (Lipinski definition) is 0. The highest BCUT2D eigenvalue weighted by Crippen LogP contribution is 2.89. The van der Waals surface area contributed by atoms with Crippen molar-refractivity contribution in [3.8, 4) is 11.1 Å². The molecular weight excluding hydrogens is 615 g/mol. The van der Waals surface area contributed by atoms with Crippen molar-refractivity contribution in [1.82, 2.24) is 0 Å². The van der Waals surface area contributed by atoms with E-state index in [-0.39, 0.29) is 27.1 Å². The number of hydrogen-bond acceptors (Lipinski definition) is 1. The lowest BCUT2D eigenvalue weighted by Crippen LogP contribution is -2.73. The third-order valence-electron chi connectivity index (χ3n) is 17.0. The fourth-order valence-electron chi connectivity index (χ4n) is 14.5. The van der Waals surface area contributed by atoms with Gasteiger partial charge in [0.2, 0.25) is 0 Å². The maximum absolute atomic E-state index is 2.72. The summed E-state index contributed by atoms with van der Waals surface area (Å²) in [5.74, 6) is 3.59. The van der Waals surface area contributed by atoms with E-state index in [4.69, 9.17) is 0 Å². The zero-order valence-electron chi connectivity index (χ0n) is 32.4. The molecule has 0 aliphatic heterocycles. The highest BCUT2D eigenvalue weighted by Gasteiger charge is 2.84. The van der Waals surface area contributed by atoms with Gasteiger partial charge in [-0.25, -0.2) is 0 Å². The minimum Gasteiger partial charge on any atom is -0.310 e. The molecule has 4 fully saturated rings. The molecule has 0 radical (unpaired) electrons. The highest BCUT2D eigenvalue weighted by atomic mass is 15.1. The summed E-state index contributed by atoms with van der Waals surface area (Å²) < 4.78 is 0. The summed E-state index contributed by atoms with van der Waals surface area (Å²) in [6.45, 7) is 19.8. The van der Waals surface area contributed by atoms with Crippen LogP contribution in [0.15, 0.2) is 78.9 Å². The fraction of sp³-hybridized carbons (Fsp3) is 0.520. The molecule has 7 aliphatic rings. The van der Waals surface area contributed by atoms with E-state index in [9.17, 15) is 0 Å². The van der Waals surface area contributed by atoms with Gasteiger partial charge in [0, 0.05) is 16.8 Å². The first-order valence-corrected chi connectivity index (χ1v) is 20.5. The van der Waals surface area contributed by atoms with Crippen LogP contribution >= 0.6 is 0 Å². The highest BCUT2D eigenvalue weighted by molar-refractivity contribution is 5.88. The molecule has 51 heavy (non-hydrogen) atoms. The van der Waals surface area contributed by atoms with Crippen LogP contribution in [0.3, 0.4) is 0 Å². The average molecular weight is 672 g/mol. The van der Waals surface area contributed by atoms with E-state index < -0.39 is 0 Å². The predicted molar refractivity (Wildman–Crippen MR) is 213 cm³/mol. The quantitative estimate of drug-likeness (QED) is 0.209. The van der Waals surface area contributed by atoms with Crippen LogP contribution in [0.2, 0.25) is 0 Å². The normalized spacial score (nSPS) is 34.0.